The van der Waals surface area contributed by atoms with Crippen LogP contribution in [0.4, 0.5) is 0 Å². The van der Waals surface area contributed by atoms with E-state index in [4.69, 9.17) is 5.11 Å². The Kier molecular flexibility index (Phi) is 3.73. The minimum atomic E-state index is -0.769. The molecule has 0 aliphatic rings. The van der Waals surface area contributed by atoms with Gasteiger partial charge in [-0.15, -0.1) is 5.10 Å². The lowest BCUT2D eigenvalue weighted by molar-refractivity contribution is -0.146. The van der Waals surface area contributed by atoms with Gasteiger partial charge in [-0.2, -0.15) is 0 Å². The Labute approximate surface area is 92.7 Å². The molecule has 0 radical (unpaired) electrons. The number of rotatable bonds is 5. The van der Waals surface area contributed by atoms with Crippen molar-refractivity contribution in [2.24, 2.45) is 5.41 Å². The first-order chi connectivity index (χ1) is 6.92. The number of carboxylic acid groups (broad SMARTS) is 1. The largest absolute Gasteiger partial charge is 0.481 e. The first-order valence-electron chi connectivity index (χ1n) is 4.67. The number of H-pyrrole nitrogens is 1. The second-order valence-electron chi connectivity index (χ2n) is 3.99. The standard InChI is InChI=1S/C9H15N3O2S/c1-6-10-8(12-11-6)15-5-4-9(2,3)7(13)14/h4-5H2,1-3H3,(H,13,14)(H,10,11,12). The molecule has 0 aromatic carbocycles. The summed E-state index contributed by atoms with van der Waals surface area (Å²) in [6.07, 6.45) is 0.598. The summed E-state index contributed by atoms with van der Waals surface area (Å²) in [4.78, 5) is 14.9. The summed E-state index contributed by atoms with van der Waals surface area (Å²) in [6.45, 7) is 5.27. The number of aryl methyl sites for hydroxylation is 1. The maximum absolute atomic E-state index is 10.8. The van der Waals surface area contributed by atoms with E-state index >= 15 is 0 Å². The zero-order chi connectivity index (χ0) is 11.5. The lowest BCUT2D eigenvalue weighted by atomic mass is 9.91. The first-order valence-corrected chi connectivity index (χ1v) is 5.65. The monoisotopic (exact) mass is 229 g/mol. The van der Waals surface area contributed by atoms with Crippen molar-refractivity contribution in [1.29, 1.82) is 0 Å². The van der Waals surface area contributed by atoms with E-state index in [0.29, 0.717) is 17.3 Å². The zero-order valence-electron chi connectivity index (χ0n) is 9.07. The molecule has 0 saturated heterocycles. The van der Waals surface area contributed by atoms with Gasteiger partial charge in [0.15, 0.2) is 0 Å². The van der Waals surface area contributed by atoms with Gasteiger partial charge in [0.2, 0.25) is 5.16 Å². The average Bonchev–Trinajstić information content (AvgIpc) is 2.51. The Morgan fingerprint density at radius 1 is 1.60 bits per heavy atom. The van der Waals surface area contributed by atoms with E-state index in [0.717, 1.165) is 5.82 Å². The van der Waals surface area contributed by atoms with Crippen LogP contribution in [0.1, 0.15) is 26.1 Å². The van der Waals surface area contributed by atoms with Crippen LogP contribution < -0.4 is 0 Å². The number of aliphatic carboxylic acids is 1. The summed E-state index contributed by atoms with van der Waals surface area (Å²) in [5.41, 5.74) is -0.682. The molecule has 1 aromatic rings. The Bertz CT molecular complexity index is 349. The maximum atomic E-state index is 10.8. The molecule has 0 aliphatic carbocycles. The van der Waals surface area contributed by atoms with Crippen molar-refractivity contribution < 1.29 is 9.90 Å². The Balaban J connectivity index is 2.36. The van der Waals surface area contributed by atoms with Crippen LogP contribution in [0.2, 0.25) is 0 Å². The van der Waals surface area contributed by atoms with Crippen LogP contribution in [0.5, 0.6) is 0 Å². The molecule has 0 fully saturated rings. The molecule has 6 heteroatoms. The Morgan fingerprint density at radius 3 is 2.73 bits per heavy atom. The van der Waals surface area contributed by atoms with Gasteiger partial charge >= 0.3 is 5.97 Å². The maximum Gasteiger partial charge on any atom is 0.309 e. The SMILES string of the molecule is Cc1nc(SCCC(C)(C)C(=O)O)n[nH]1. The molecule has 1 rings (SSSR count). The summed E-state index contributed by atoms with van der Waals surface area (Å²) >= 11 is 1.47. The van der Waals surface area contributed by atoms with Crippen molar-refractivity contribution in [3.8, 4) is 0 Å². The van der Waals surface area contributed by atoms with E-state index in [1.165, 1.54) is 11.8 Å². The molecule has 0 saturated carbocycles. The van der Waals surface area contributed by atoms with E-state index in [-0.39, 0.29) is 0 Å². The van der Waals surface area contributed by atoms with Crippen LogP contribution in [-0.2, 0) is 4.79 Å². The van der Waals surface area contributed by atoms with E-state index in [9.17, 15) is 4.79 Å². The molecule has 0 amide bonds. The van der Waals surface area contributed by atoms with Gasteiger partial charge in [-0.05, 0) is 27.2 Å². The molecule has 1 heterocycles. The fraction of sp³-hybridized carbons (Fsp3) is 0.667. The molecule has 0 aliphatic heterocycles. The minimum absolute atomic E-state index is 0.598. The number of aromatic amines is 1. The van der Waals surface area contributed by atoms with Crippen LogP contribution in [0.15, 0.2) is 5.16 Å². The lowest BCUT2D eigenvalue weighted by Crippen LogP contribution is -2.24. The minimum Gasteiger partial charge on any atom is -0.481 e. The van der Waals surface area contributed by atoms with Gasteiger partial charge in [-0.25, -0.2) is 4.98 Å². The van der Waals surface area contributed by atoms with Crippen molar-refractivity contribution >= 4 is 17.7 Å². The molecule has 15 heavy (non-hydrogen) atoms. The number of nitrogens with one attached hydrogen (secondary N) is 1. The van der Waals surface area contributed by atoms with Gasteiger partial charge in [0, 0.05) is 5.75 Å². The molecule has 0 atom stereocenters. The number of hydrogen-bond donors (Lipinski definition) is 2. The molecular formula is C9H15N3O2S. The normalized spacial score (nSPS) is 11.7. The third-order valence-corrected chi connectivity index (χ3v) is 2.96. The lowest BCUT2D eigenvalue weighted by Gasteiger charge is -2.17. The van der Waals surface area contributed by atoms with Gasteiger partial charge < -0.3 is 5.11 Å². The number of thioether (sulfide) groups is 1. The van der Waals surface area contributed by atoms with E-state index in [2.05, 4.69) is 15.2 Å². The number of nitrogens with zero attached hydrogens (tertiary/aromatic N) is 2. The smallest absolute Gasteiger partial charge is 0.309 e. The fourth-order valence-corrected chi connectivity index (χ4v) is 2.00. The summed E-state index contributed by atoms with van der Waals surface area (Å²) in [5, 5.41) is 16.3. The summed E-state index contributed by atoms with van der Waals surface area (Å²) < 4.78 is 0. The predicted molar refractivity (Wildman–Crippen MR) is 57.9 cm³/mol. The highest BCUT2D eigenvalue weighted by Gasteiger charge is 2.26. The topological polar surface area (TPSA) is 78.9 Å². The Hall–Kier alpha value is -1.04. The summed E-state index contributed by atoms with van der Waals surface area (Å²) in [7, 11) is 0. The van der Waals surface area contributed by atoms with Crippen molar-refractivity contribution in [3.05, 3.63) is 5.82 Å². The molecule has 0 spiro atoms. The van der Waals surface area contributed by atoms with Crippen LogP contribution in [-0.4, -0.2) is 32.0 Å². The first kappa shape index (κ1) is 12.0. The van der Waals surface area contributed by atoms with Gasteiger partial charge in [0.1, 0.15) is 5.82 Å². The second-order valence-corrected chi connectivity index (χ2v) is 5.05. The molecule has 1 aromatic heterocycles. The second kappa shape index (κ2) is 4.65. The van der Waals surface area contributed by atoms with E-state index in [1.54, 1.807) is 13.8 Å². The summed E-state index contributed by atoms with van der Waals surface area (Å²) in [6, 6.07) is 0. The molecule has 0 unspecified atom stereocenters. The van der Waals surface area contributed by atoms with Gasteiger partial charge in [0.05, 0.1) is 5.41 Å². The van der Waals surface area contributed by atoms with Crippen LogP contribution in [0.25, 0.3) is 0 Å². The molecule has 0 bridgehead atoms. The zero-order valence-corrected chi connectivity index (χ0v) is 9.89. The van der Waals surface area contributed by atoms with Crippen LogP contribution >= 0.6 is 11.8 Å². The number of carboxylic acids is 1. The van der Waals surface area contributed by atoms with Crippen molar-refractivity contribution in [2.45, 2.75) is 32.3 Å². The molecule has 2 N–H and O–H groups in total. The van der Waals surface area contributed by atoms with Crippen molar-refractivity contribution in [2.75, 3.05) is 5.75 Å². The number of hydrogen-bond acceptors (Lipinski definition) is 4. The highest BCUT2D eigenvalue weighted by atomic mass is 32.2. The van der Waals surface area contributed by atoms with Gasteiger partial charge in [0.25, 0.3) is 0 Å². The highest BCUT2D eigenvalue weighted by Crippen LogP contribution is 2.25. The molecule has 84 valence electrons. The van der Waals surface area contributed by atoms with Crippen LogP contribution in [0.3, 0.4) is 0 Å². The number of aromatic nitrogens is 3. The predicted octanol–water partition coefficient (Wildman–Crippen LogP) is 1.71. The average molecular weight is 229 g/mol. The summed E-state index contributed by atoms with van der Waals surface area (Å²) in [5.74, 6) is 0.709. The fourth-order valence-electron chi connectivity index (χ4n) is 0.891. The van der Waals surface area contributed by atoms with E-state index < -0.39 is 11.4 Å². The highest BCUT2D eigenvalue weighted by molar-refractivity contribution is 7.99. The quantitative estimate of drug-likeness (QED) is 0.751. The van der Waals surface area contributed by atoms with Crippen molar-refractivity contribution in [1.82, 2.24) is 15.2 Å². The van der Waals surface area contributed by atoms with E-state index in [1.807, 2.05) is 6.92 Å². The Morgan fingerprint density at radius 2 is 2.27 bits per heavy atom. The van der Waals surface area contributed by atoms with Crippen molar-refractivity contribution in [3.63, 3.8) is 0 Å². The third-order valence-electron chi connectivity index (χ3n) is 2.11. The molecular weight excluding hydrogens is 214 g/mol. The molecule has 5 nitrogen and oxygen atoms in total. The van der Waals surface area contributed by atoms with Gasteiger partial charge in [-0.3, -0.25) is 9.89 Å². The van der Waals surface area contributed by atoms with Gasteiger partial charge in [-0.1, -0.05) is 11.8 Å². The number of carbonyl (C=O) groups is 1. The third kappa shape index (κ3) is 3.54. The van der Waals surface area contributed by atoms with Crippen LogP contribution in [0, 0.1) is 12.3 Å².